The molecular formula is C27H37N7O7. The molecule has 7 unspecified atom stereocenters. The third-order valence-corrected chi connectivity index (χ3v) is 7.59. The van der Waals surface area contributed by atoms with E-state index in [1.807, 2.05) is 6.92 Å². The number of fused-ring (bicyclic) bond motifs is 1. The number of hydrogen-bond acceptors (Lipinski definition) is 9. The number of methoxy groups -OCH3 is 1. The smallest absolute Gasteiger partial charge is 0.260 e. The summed E-state index contributed by atoms with van der Waals surface area (Å²) < 4.78 is 5.19. The molecule has 1 aromatic heterocycles. The highest BCUT2D eigenvalue weighted by atomic mass is 16.5. The summed E-state index contributed by atoms with van der Waals surface area (Å²) in [6.07, 6.45) is 0.489. The number of ether oxygens (including phenoxy) is 1. The number of aromatic nitrogens is 2. The Kier molecular flexibility index (Phi) is 9.57. The van der Waals surface area contributed by atoms with E-state index in [2.05, 4.69) is 31.3 Å². The first-order chi connectivity index (χ1) is 19.6. The number of benzene rings is 1. The number of aliphatic hydroxyl groups excluding tert-OH is 2. The minimum absolute atomic E-state index is 0.00297. The lowest BCUT2D eigenvalue weighted by molar-refractivity contribution is -0.164. The largest absolute Gasteiger partial charge is 0.497 e. The van der Waals surface area contributed by atoms with Gasteiger partial charge in [0.25, 0.3) is 5.91 Å². The van der Waals surface area contributed by atoms with Crippen molar-refractivity contribution >= 4 is 23.6 Å². The van der Waals surface area contributed by atoms with Gasteiger partial charge in [-0.2, -0.15) is 0 Å². The number of amides is 4. The zero-order valence-corrected chi connectivity index (χ0v) is 23.2. The third kappa shape index (κ3) is 6.84. The maximum atomic E-state index is 13.9. The van der Waals surface area contributed by atoms with Crippen LogP contribution in [0.4, 0.5) is 0 Å². The number of nitrogens with one attached hydrogen (secondary N) is 5. The van der Waals surface area contributed by atoms with Crippen molar-refractivity contribution in [3.05, 3.63) is 48.0 Å². The normalized spacial score (nSPS) is 28.4. The maximum Gasteiger partial charge on any atom is 0.260 e. The highest BCUT2D eigenvalue weighted by Gasteiger charge is 2.47. The van der Waals surface area contributed by atoms with Crippen LogP contribution in [-0.4, -0.2) is 98.8 Å². The predicted molar refractivity (Wildman–Crippen MR) is 145 cm³/mol. The van der Waals surface area contributed by atoms with Crippen LogP contribution in [0.1, 0.15) is 31.5 Å². The zero-order chi connectivity index (χ0) is 29.7. The van der Waals surface area contributed by atoms with Gasteiger partial charge in [-0.3, -0.25) is 24.2 Å². The van der Waals surface area contributed by atoms with Crippen molar-refractivity contribution in [1.82, 2.24) is 36.4 Å². The summed E-state index contributed by atoms with van der Waals surface area (Å²) in [5.41, 5.74) is 3.94. The van der Waals surface area contributed by atoms with E-state index >= 15 is 0 Å². The second kappa shape index (κ2) is 13.1. The quantitative estimate of drug-likeness (QED) is 0.200. The van der Waals surface area contributed by atoms with Gasteiger partial charge < -0.3 is 35.9 Å². The Labute approximate surface area is 237 Å². The van der Waals surface area contributed by atoms with Gasteiger partial charge >= 0.3 is 0 Å². The van der Waals surface area contributed by atoms with Gasteiger partial charge in [0.15, 0.2) is 6.04 Å². The summed E-state index contributed by atoms with van der Waals surface area (Å²) in [5.74, 6) is -2.44. The lowest BCUT2D eigenvalue weighted by Gasteiger charge is -2.43. The van der Waals surface area contributed by atoms with E-state index in [0.717, 1.165) is 5.01 Å². The second-order valence-electron chi connectivity index (χ2n) is 10.4. The van der Waals surface area contributed by atoms with E-state index in [9.17, 15) is 29.4 Å². The van der Waals surface area contributed by atoms with Gasteiger partial charge in [-0.05, 0) is 23.6 Å². The fourth-order valence-corrected chi connectivity index (χ4v) is 4.93. The minimum atomic E-state index is -1.66. The van der Waals surface area contributed by atoms with Crippen LogP contribution in [0, 0.1) is 5.92 Å². The van der Waals surface area contributed by atoms with Gasteiger partial charge in [0.05, 0.1) is 19.5 Å². The predicted octanol–water partition coefficient (Wildman–Crippen LogP) is -1.85. The standard InChI is InChI=1S/C27H37N7O7/c1-4-14(2)21-25(38)32-19(10-16-11-28-13-29-16)27(40)34-22(23(36)20(35)12-30-34)26(39)31-18(24(37)33-21)9-15-5-7-17(41-3)8-6-15/h5-8,11,13-14,18-23,30,35-36H,4,9-10,12H2,1-3H3,(H,28,29)(H,31,39)(H,32,38)(H,33,37). The molecule has 0 saturated carbocycles. The first-order valence-electron chi connectivity index (χ1n) is 13.6. The monoisotopic (exact) mass is 571 g/mol. The van der Waals surface area contributed by atoms with Gasteiger partial charge in [0.2, 0.25) is 17.7 Å². The molecule has 2 fully saturated rings. The van der Waals surface area contributed by atoms with Gasteiger partial charge in [-0.15, -0.1) is 0 Å². The molecule has 0 radical (unpaired) electrons. The molecule has 222 valence electrons. The summed E-state index contributed by atoms with van der Waals surface area (Å²) in [6, 6.07) is 1.95. The van der Waals surface area contributed by atoms with E-state index in [1.54, 1.807) is 31.2 Å². The lowest BCUT2D eigenvalue weighted by atomic mass is 9.95. The fourth-order valence-electron chi connectivity index (χ4n) is 4.93. The molecule has 3 heterocycles. The molecule has 1 aromatic carbocycles. The average Bonchev–Trinajstić information content (AvgIpc) is 3.48. The van der Waals surface area contributed by atoms with Crippen molar-refractivity contribution in [2.75, 3.05) is 13.7 Å². The zero-order valence-electron chi connectivity index (χ0n) is 23.2. The maximum absolute atomic E-state index is 13.9. The number of carbonyl (C=O) groups excluding carboxylic acids is 4. The number of hydrazine groups is 1. The summed E-state index contributed by atoms with van der Waals surface area (Å²) in [4.78, 5) is 61.6. The van der Waals surface area contributed by atoms with Crippen LogP contribution in [0.15, 0.2) is 36.8 Å². The number of hydrogen-bond donors (Lipinski definition) is 7. The number of carbonyl (C=O) groups is 4. The van der Waals surface area contributed by atoms with E-state index in [0.29, 0.717) is 23.4 Å². The third-order valence-electron chi connectivity index (χ3n) is 7.59. The highest BCUT2D eigenvalue weighted by molar-refractivity contribution is 5.98. The Balaban J connectivity index is 1.73. The Morgan fingerprint density at radius 3 is 2.34 bits per heavy atom. The van der Waals surface area contributed by atoms with Crippen molar-refractivity contribution in [2.24, 2.45) is 5.92 Å². The van der Waals surface area contributed by atoms with Crippen LogP contribution in [0.25, 0.3) is 0 Å². The Morgan fingerprint density at radius 2 is 1.71 bits per heavy atom. The summed E-state index contributed by atoms with van der Waals surface area (Å²) in [5, 5.41) is 30.3. The van der Waals surface area contributed by atoms with E-state index in [1.165, 1.54) is 19.6 Å². The summed E-state index contributed by atoms with van der Waals surface area (Å²) >= 11 is 0. The average molecular weight is 572 g/mol. The van der Waals surface area contributed by atoms with Crippen LogP contribution in [0.3, 0.4) is 0 Å². The van der Waals surface area contributed by atoms with Gasteiger partial charge in [0, 0.05) is 31.3 Å². The molecule has 2 aromatic rings. The number of β-amino-alcohol motifs (C(OH)–C–C–N with tert-alkyl or cyclic N) is 1. The number of rotatable bonds is 7. The number of H-pyrrole nitrogens is 1. The Morgan fingerprint density at radius 1 is 1.00 bits per heavy atom. The van der Waals surface area contributed by atoms with Gasteiger partial charge in [-0.25, -0.2) is 10.4 Å². The van der Waals surface area contributed by atoms with E-state index in [-0.39, 0.29) is 25.3 Å². The van der Waals surface area contributed by atoms with E-state index in [4.69, 9.17) is 4.74 Å². The van der Waals surface area contributed by atoms with Crippen molar-refractivity contribution in [3.63, 3.8) is 0 Å². The molecule has 2 saturated heterocycles. The van der Waals surface area contributed by atoms with Crippen LogP contribution in [-0.2, 0) is 32.0 Å². The lowest BCUT2D eigenvalue weighted by Crippen LogP contribution is -2.72. The van der Waals surface area contributed by atoms with Crippen molar-refractivity contribution in [3.8, 4) is 5.75 Å². The molecular weight excluding hydrogens is 534 g/mol. The molecule has 4 amide bonds. The van der Waals surface area contributed by atoms with Crippen LogP contribution in [0.5, 0.6) is 5.75 Å². The highest BCUT2D eigenvalue weighted by Crippen LogP contribution is 2.19. The number of aromatic amines is 1. The summed E-state index contributed by atoms with van der Waals surface area (Å²) in [7, 11) is 1.53. The topological polar surface area (TPSA) is 198 Å². The second-order valence-corrected chi connectivity index (χ2v) is 10.4. The molecule has 14 nitrogen and oxygen atoms in total. The number of aliphatic hydroxyl groups is 2. The van der Waals surface area contributed by atoms with Gasteiger partial charge in [0.1, 0.15) is 30.0 Å². The van der Waals surface area contributed by atoms with E-state index < -0.39 is 60.0 Å². The van der Waals surface area contributed by atoms with Gasteiger partial charge in [-0.1, -0.05) is 32.4 Å². The Bertz CT molecular complexity index is 1220. The molecule has 2 aliphatic rings. The number of imidazole rings is 1. The molecule has 0 bridgehead atoms. The van der Waals surface area contributed by atoms with Crippen molar-refractivity contribution in [1.29, 1.82) is 0 Å². The van der Waals surface area contributed by atoms with Crippen LogP contribution in [0.2, 0.25) is 0 Å². The molecule has 7 atom stereocenters. The number of nitrogens with zero attached hydrogens (tertiary/aromatic N) is 2. The molecule has 14 heteroatoms. The summed E-state index contributed by atoms with van der Waals surface area (Å²) in [6.45, 7) is 3.46. The van der Waals surface area contributed by atoms with Crippen molar-refractivity contribution in [2.45, 2.75) is 69.5 Å². The molecule has 41 heavy (non-hydrogen) atoms. The molecule has 0 aliphatic carbocycles. The first-order valence-corrected chi connectivity index (χ1v) is 13.6. The molecule has 4 rings (SSSR count). The Hall–Kier alpha value is -4.01. The minimum Gasteiger partial charge on any atom is -0.497 e. The first kappa shape index (κ1) is 30.0. The van der Waals surface area contributed by atoms with Crippen molar-refractivity contribution < 1.29 is 34.1 Å². The SMILES string of the molecule is CCC(C)C1NC(=O)C(Cc2ccc(OC)cc2)NC(=O)C2C(O)C(O)CNN2C(=O)C(Cc2cnc[nH]2)NC1=O. The molecule has 2 aliphatic heterocycles. The van der Waals surface area contributed by atoms with Crippen LogP contribution < -0.4 is 26.1 Å². The fraction of sp³-hybridized carbons (Fsp3) is 0.519. The van der Waals surface area contributed by atoms with Crippen LogP contribution >= 0.6 is 0 Å². The molecule has 0 spiro atoms. The molecule has 7 N–H and O–H groups in total.